The number of para-hydroxylation sites is 1. The Morgan fingerprint density at radius 3 is 2.42 bits per heavy atom. The quantitative estimate of drug-likeness (QED) is 0.511. The summed E-state index contributed by atoms with van der Waals surface area (Å²) < 4.78 is 15.3. The van der Waals surface area contributed by atoms with Gasteiger partial charge in [-0.05, 0) is 74.9 Å². The van der Waals surface area contributed by atoms with Crippen LogP contribution in [0.3, 0.4) is 0 Å². The number of benzene rings is 2. The molecule has 1 fully saturated rings. The van der Waals surface area contributed by atoms with Gasteiger partial charge in [-0.3, -0.25) is 14.5 Å². The second kappa shape index (κ2) is 11.0. The Morgan fingerprint density at radius 1 is 0.944 bits per heavy atom. The summed E-state index contributed by atoms with van der Waals surface area (Å²) in [6, 6.07) is 15.8. The van der Waals surface area contributed by atoms with Crippen LogP contribution in [0.15, 0.2) is 54.6 Å². The molecule has 0 spiro atoms. The number of piperidine rings is 1. The maximum atomic E-state index is 13.5. The van der Waals surface area contributed by atoms with Gasteiger partial charge in [0.15, 0.2) is 5.69 Å². The first-order valence-corrected chi connectivity index (χ1v) is 12.8. The Bertz CT molecular complexity index is 1200. The summed E-state index contributed by atoms with van der Waals surface area (Å²) in [7, 11) is 0. The van der Waals surface area contributed by atoms with E-state index < -0.39 is 0 Å². The molecule has 3 aromatic rings. The van der Waals surface area contributed by atoms with Crippen LogP contribution in [0, 0.1) is 5.82 Å². The number of nitrogens with one attached hydrogen (secondary N) is 2. The van der Waals surface area contributed by atoms with Gasteiger partial charge in [-0.1, -0.05) is 24.6 Å². The number of amides is 2. The molecule has 7 nitrogen and oxygen atoms in total. The van der Waals surface area contributed by atoms with Gasteiger partial charge in [0.05, 0.1) is 12.2 Å². The Balaban J connectivity index is 1.21. The highest BCUT2D eigenvalue weighted by atomic mass is 19.1. The summed E-state index contributed by atoms with van der Waals surface area (Å²) in [5.74, 6) is -0.467. The zero-order valence-corrected chi connectivity index (χ0v) is 20.4. The van der Waals surface area contributed by atoms with Gasteiger partial charge in [-0.15, -0.1) is 0 Å². The fraction of sp³-hybridized carbons (Fsp3) is 0.393. The van der Waals surface area contributed by atoms with Gasteiger partial charge in [-0.2, -0.15) is 5.10 Å². The van der Waals surface area contributed by atoms with Crippen LogP contribution < -0.4 is 10.6 Å². The summed E-state index contributed by atoms with van der Waals surface area (Å²) in [5.41, 5.74) is 4.13. The molecule has 0 unspecified atom stereocenters. The van der Waals surface area contributed by atoms with Gasteiger partial charge in [0, 0.05) is 36.1 Å². The molecule has 2 amide bonds. The van der Waals surface area contributed by atoms with Crippen molar-refractivity contribution in [3.05, 3.63) is 77.4 Å². The Labute approximate surface area is 210 Å². The zero-order chi connectivity index (χ0) is 24.9. The first kappa shape index (κ1) is 24.2. The van der Waals surface area contributed by atoms with Crippen molar-refractivity contribution in [3.8, 4) is 5.69 Å². The number of fused-ring (bicyclic) bond motifs is 1. The van der Waals surface area contributed by atoms with E-state index in [4.69, 9.17) is 5.10 Å². The lowest BCUT2D eigenvalue weighted by Crippen LogP contribution is -2.46. The number of hydrogen-bond donors (Lipinski definition) is 2. The minimum atomic E-state index is -0.293. The molecular weight excluding hydrogens is 457 g/mol. The summed E-state index contributed by atoms with van der Waals surface area (Å²) in [6.07, 6.45) is 6.46. The standard InChI is InChI=1S/C28H32FN5O2/c29-20-11-13-23(14-12-20)34-25-10-6-2-5-9-24(25)27(32-34)28(36)31-22-15-17-33(18-16-22)19-26(35)30-21-7-3-1-4-8-21/h1,3-4,7-8,11-14,22H,2,5-6,9-10,15-19H2,(H,30,35)(H,31,36). The van der Waals surface area contributed by atoms with Gasteiger partial charge < -0.3 is 10.6 Å². The lowest BCUT2D eigenvalue weighted by molar-refractivity contribution is -0.117. The molecule has 1 saturated heterocycles. The first-order valence-electron chi connectivity index (χ1n) is 12.8. The minimum Gasteiger partial charge on any atom is -0.348 e. The van der Waals surface area contributed by atoms with E-state index in [9.17, 15) is 14.0 Å². The third-order valence-corrected chi connectivity index (χ3v) is 7.06. The van der Waals surface area contributed by atoms with Crippen LogP contribution in [-0.2, 0) is 17.6 Å². The average molecular weight is 490 g/mol. The van der Waals surface area contributed by atoms with Crippen LogP contribution in [0.1, 0.15) is 53.8 Å². The smallest absolute Gasteiger partial charge is 0.272 e. The van der Waals surface area contributed by atoms with Crippen LogP contribution in [0.5, 0.6) is 0 Å². The third-order valence-electron chi connectivity index (χ3n) is 7.06. The van der Waals surface area contributed by atoms with E-state index in [0.29, 0.717) is 12.2 Å². The highest BCUT2D eigenvalue weighted by Gasteiger charge is 2.28. The molecule has 2 aliphatic rings. The van der Waals surface area contributed by atoms with Gasteiger partial charge >= 0.3 is 0 Å². The maximum Gasteiger partial charge on any atom is 0.272 e. The van der Waals surface area contributed by atoms with E-state index >= 15 is 0 Å². The maximum absolute atomic E-state index is 13.5. The SMILES string of the molecule is O=C(CN1CCC(NC(=O)c2nn(-c3ccc(F)cc3)c3c2CCCCC3)CC1)Nc1ccccc1. The molecule has 5 rings (SSSR count). The van der Waals surface area contributed by atoms with Crippen LogP contribution in [-0.4, -0.2) is 52.2 Å². The molecule has 2 aromatic carbocycles. The fourth-order valence-corrected chi connectivity index (χ4v) is 5.17. The number of carbonyl (C=O) groups is 2. The molecule has 0 saturated carbocycles. The van der Waals surface area contributed by atoms with E-state index in [1.807, 2.05) is 35.0 Å². The van der Waals surface area contributed by atoms with Crippen LogP contribution in [0.4, 0.5) is 10.1 Å². The monoisotopic (exact) mass is 489 g/mol. The molecule has 2 N–H and O–H groups in total. The molecule has 8 heteroatoms. The number of anilines is 1. The average Bonchev–Trinajstić information content (AvgIpc) is 3.07. The van der Waals surface area contributed by atoms with Gasteiger partial charge in [0.2, 0.25) is 5.91 Å². The van der Waals surface area contributed by atoms with E-state index in [1.54, 1.807) is 12.1 Å². The topological polar surface area (TPSA) is 79.3 Å². The molecule has 2 heterocycles. The van der Waals surface area contributed by atoms with Crippen molar-refractivity contribution in [2.75, 3.05) is 25.0 Å². The molecule has 1 aliphatic carbocycles. The van der Waals surface area contributed by atoms with Crippen molar-refractivity contribution < 1.29 is 14.0 Å². The predicted molar refractivity (Wildman–Crippen MR) is 137 cm³/mol. The first-order chi connectivity index (χ1) is 17.6. The van der Waals surface area contributed by atoms with Crippen molar-refractivity contribution in [1.82, 2.24) is 20.0 Å². The van der Waals surface area contributed by atoms with Crippen molar-refractivity contribution in [2.24, 2.45) is 0 Å². The number of nitrogens with zero attached hydrogens (tertiary/aromatic N) is 3. The lowest BCUT2D eigenvalue weighted by Gasteiger charge is -2.31. The van der Waals surface area contributed by atoms with E-state index in [0.717, 1.165) is 80.7 Å². The Hall–Kier alpha value is -3.52. The van der Waals surface area contributed by atoms with Gasteiger partial charge in [-0.25, -0.2) is 9.07 Å². The normalized spacial score (nSPS) is 16.7. The summed E-state index contributed by atoms with van der Waals surface area (Å²) in [4.78, 5) is 27.8. The largest absolute Gasteiger partial charge is 0.348 e. The third kappa shape index (κ3) is 5.65. The summed E-state index contributed by atoms with van der Waals surface area (Å²) >= 11 is 0. The van der Waals surface area contributed by atoms with Crippen LogP contribution in [0.25, 0.3) is 5.69 Å². The number of halogens is 1. The number of rotatable bonds is 6. The van der Waals surface area contributed by atoms with E-state index in [2.05, 4.69) is 15.5 Å². The van der Waals surface area contributed by atoms with Crippen LogP contribution >= 0.6 is 0 Å². The van der Waals surface area contributed by atoms with Gasteiger partial charge in [0.25, 0.3) is 5.91 Å². The van der Waals surface area contributed by atoms with Crippen molar-refractivity contribution in [2.45, 2.75) is 51.0 Å². The zero-order valence-electron chi connectivity index (χ0n) is 20.4. The highest BCUT2D eigenvalue weighted by molar-refractivity contribution is 5.94. The van der Waals surface area contributed by atoms with E-state index in [1.165, 1.54) is 12.1 Å². The predicted octanol–water partition coefficient (Wildman–Crippen LogP) is 4.11. The van der Waals surface area contributed by atoms with Crippen molar-refractivity contribution in [3.63, 3.8) is 0 Å². The summed E-state index contributed by atoms with van der Waals surface area (Å²) in [5, 5.41) is 10.8. The molecule has 188 valence electrons. The molecule has 1 aliphatic heterocycles. The number of hydrogen-bond acceptors (Lipinski definition) is 4. The molecular formula is C28H32FN5O2. The number of likely N-dealkylation sites (tertiary alicyclic amines) is 1. The second-order valence-electron chi connectivity index (χ2n) is 9.66. The second-order valence-corrected chi connectivity index (χ2v) is 9.66. The molecule has 0 radical (unpaired) electrons. The fourth-order valence-electron chi connectivity index (χ4n) is 5.17. The molecule has 1 aromatic heterocycles. The molecule has 0 bridgehead atoms. The van der Waals surface area contributed by atoms with E-state index in [-0.39, 0.29) is 23.7 Å². The van der Waals surface area contributed by atoms with Crippen molar-refractivity contribution >= 4 is 17.5 Å². The van der Waals surface area contributed by atoms with Crippen LogP contribution in [0.2, 0.25) is 0 Å². The summed E-state index contributed by atoms with van der Waals surface area (Å²) in [6.45, 7) is 1.83. The number of aromatic nitrogens is 2. The van der Waals surface area contributed by atoms with Crippen molar-refractivity contribution in [1.29, 1.82) is 0 Å². The molecule has 0 atom stereocenters. The van der Waals surface area contributed by atoms with Gasteiger partial charge in [0.1, 0.15) is 5.82 Å². The number of carbonyl (C=O) groups excluding carboxylic acids is 2. The lowest BCUT2D eigenvalue weighted by atomic mass is 10.0. The molecule has 36 heavy (non-hydrogen) atoms. The minimum absolute atomic E-state index is 0.0299. The Morgan fingerprint density at radius 2 is 1.67 bits per heavy atom. The Kier molecular flexibility index (Phi) is 7.41. The highest BCUT2D eigenvalue weighted by Crippen LogP contribution is 2.27.